The van der Waals surface area contributed by atoms with Crippen LogP contribution >= 0.6 is 0 Å². The summed E-state index contributed by atoms with van der Waals surface area (Å²) < 4.78 is 26.1. The highest BCUT2D eigenvalue weighted by Gasteiger charge is 2.52. The first-order chi connectivity index (χ1) is 12.5. The molecule has 0 bridgehead atoms. The molecule has 0 aromatic rings. The fourth-order valence-electron chi connectivity index (χ4n) is 2.68. The number of hydrogen-bond donors (Lipinski definition) is 1. The van der Waals surface area contributed by atoms with E-state index in [1.165, 1.54) is 0 Å². The zero-order chi connectivity index (χ0) is 20.7. The number of nitrogens with two attached hydrogens (primary N) is 1. The molecule has 1 rings (SSSR count). The standard InChI is InChI=1S/C16H23NO10/c1-7(18)23-6-12-15(25-9(3)20)16(26-10(4)21)14(24-8(2)19)11(27-12)5-13(17)22/h11-12,14-16H,5-6H2,1-4H3,(H2,17,22)/t11-,12-,14+,15+,16-/m1/s1. The number of amides is 1. The highest BCUT2D eigenvalue weighted by Crippen LogP contribution is 2.30. The quantitative estimate of drug-likeness (QED) is 0.422. The Hall–Kier alpha value is -2.69. The number of carbonyl (C=O) groups excluding carboxylic acids is 5. The molecule has 27 heavy (non-hydrogen) atoms. The first-order valence-electron chi connectivity index (χ1n) is 8.10. The van der Waals surface area contributed by atoms with Gasteiger partial charge in [0.25, 0.3) is 0 Å². The number of hydrogen-bond acceptors (Lipinski definition) is 10. The van der Waals surface area contributed by atoms with Crippen LogP contribution in [0.25, 0.3) is 0 Å². The molecular weight excluding hydrogens is 366 g/mol. The molecule has 1 amide bonds. The fourth-order valence-corrected chi connectivity index (χ4v) is 2.68. The lowest BCUT2D eigenvalue weighted by atomic mass is 9.92. The van der Waals surface area contributed by atoms with Crippen molar-refractivity contribution in [2.24, 2.45) is 5.73 Å². The third-order valence-electron chi connectivity index (χ3n) is 3.49. The van der Waals surface area contributed by atoms with E-state index in [2.05, 4.69) is 0 Å². The topological polar surface area (TPSA) is 158 Å². The molecule has 11 heteroatoms. The summed E-state index contributed by atoms with van der Waals surface area (Å²) in [5.41, 5.74) is 5.21. The van der Waals surface area contributed by atoms with Crippen molar-refractivity contribution >= 4 is 29.8 Å². The molecule has 11 nitrogen and oxygen atoms in total. The maximum absolute atomic E-state index is 11.6. The molecular formula is C16H23NO10. The van der Waals surface area contributed by atoms with Crippen molar-refractivity contribution in [3.05, 3.63) is 0 Å². The summed E-state index contributed by atoms with van der Waals surface area (Å²) in [6.45, 7) is 4.14. The second kappa shape index (κ2) is 9.86. The number of primary amides is 1. The zero-order valence-corrected chi connectivity index (χ0v) is 15.5. The molecule has 2 N–H and O–H groups in total. The molecule has 5 atom stereocenters. The molecule has 1 heterocycles. The van der Waals surface area contributed by atoms with Crippen molar-refractivity contribution in [2.75, 3.05) is 6.61 Å². The van der Waals surface area contributed by atoms with Crippen LogP contribution in [0.5, 0.6) is 0 Å². The highest BCUT2D eigenvalue weighted by molar-refractivity contribution is 5.74. The van der Waals surface area contributed by atoms with E-state index in [-0.39, 0.29) is 13.0 Å². The molecule has 152 valence electrons. The van der Waals surface area contributed by atoms with Gasteiger partial charge >= 0.3 is 23.9 Å². The van der Waals surface area contributed by atoms with E-state index < -0.39 is 60.3 Å². The van der Waals surface area contributed by atoms with E-state index in [0.717, 1.165) is 27.7 Å². The predicted octanol–water partition coefficient (Wildman–Crippen LogP) is -1.01. The Morgan fingerprint density at radius 2 is 1.19 bits per heavy atom. The normalized spacial score (nSPS) is 27.2. The Morgan fingerprint density at radius 3 is 1.59 bits per heavy atom. The first-order valence-corrected chi connectivity index (χ1v) is 8.10. The Balaban J connectivity index is 3.29. The van der Waals surface area contributed by atoms with Crippen LogP contribution in [-0.4, -0.2) is 66.9 Å². The van der Waals surface area contributed by atoms with E-state index in [1.54, 1.807) is 0 Å². The van der Waals surface area contributed by atoms with Crippen LogP contribution < -0.4 is 5.73 Å². The average Bonchev–Trinajstić information content (AvgIpc) is 2.49. The predicted molar refractivity (Wildman–Crippen MR) is 85.8 cm³/mol. The summed E-state index contributed by atoms with van der Waals surface area (Å²) in [5, 5.41) is 0. The summed E-state index contributed by atoms with van der Waals surface area (Å²) in [4.78, 5) is 57.1. The molecule has 0 radical (unpaired) electrons. The van der Waals surface area contributed by atoms with Gasteiger partial charge in [0.05, 0.1) is 6.42 Å². The second-order valence-corrected chi connectivity index (χ2v) is 5.91. The first kappa shape index (κ1) is 22.4. The number of rotatable bonds is 7. The number of ether oxygens (including phenoxy) is 5. The second-order valence-electron chi connectivity index (χ2n) is 5.91. The molecule has 0 aromatic heterocycles. The van der Waals surface area contributed by atoms with E-state index in [9.17, 15) is 24.0 Å². The Bertz CT molecular complexity index is 604. The van der Waals surface area contributed by atoms with Crippen LogP contribution in [-0.2, 0) is 47.7 Å². The third-order valence-corrected chi connectivity index (χ3v) is 3.49. The smallest absolute Gasteiger partial charge is 0.303 e. The van der Waals surface area contributed by atoms with Gasteiger partial charge in [-0.1, -0.05) is 0 Å². The number of carbonyl (C=O) groups is 5. The van der Waals surface area contributed by atoms with Crippen molar-refractivity contribution in [3.8, 4) is 0 Å². The van der Waals surface area contributed by atoms with Crippen molar-refractivity contribution in [1.29, 1.82) is 0 Å². The molecule has 0 spiro atoms. The van der Waals surface area contributed by atoms with Gasteiger partial charge in [-0.2, -0.15) is 0 Å². The van der Waals surface area contributed by atoms with Gasteiger partial charge in [0.1, 0.15) is 18.8 Å². The average molecular weight is 389 g/mol. The Morgan fingerprint density at radius 1 is 0.741 bits per heavy atom. The molecule has 0 aromatic carbocycles. The van der Waals surface area contributed by atoms with E-state index in [0.29, 0.717) is 0 Å². The van der Waals surface area contributed by atoms with Gasteiger partial charge in [-0.25, -0.2) is 0 Å². The lowest BCUT2D eigenvalue weighted by Crippen LogP contribution is -2.62. The summed E-state index contributed by atoms with van der Waals surface area (Å²) in [6.07, 6.45) is -6.38. The number of esters is 4. The minimum atomic E-state index is -1.30. The van der Waals surface area contributed by atoms with Crippen molar-refractivity contribution < 1.29 is 47.7 Å². The largest absolute Gasteiger partial charge is 0.463 e. The molecule has 1 aliphatic rings. The van der Waals surface area contributed by atoms with Gasteiger partial charge in [-0.15, -0.1) is 0 Å². The monoisotopic (exact) mass is 389 g/mol. The SMILES string of the molecule is CC(=O)OC[C@H]1O[C@H](CC(N)=O)[C@H](OC(C)=O)[C@@H](OC(C)=O)[C@H]1OC(C)=O. The Kier molecular flexibility index (Phi) is 8.16. The van der Waals surface area contributed by atoms with Crippen LogP contribution in [0, 0.1) is 0 Å². The highest BCUT2D eigenvalue weighted by atomic mass is 16.7. The maximum Gasteiger partial charge on any atom is 0.303 e. The third kappa shape index (κ3) is 7.21. The molecule has 1 saturated heterocycles. The lowest BCUT2D eigenvalue weighted by molar-refractivity contribution is -0.252. The van der Waals surface area contributed by atoms with Crippen LogP contribution in [0.1, 0.15) is 34.1 Å². The molecule has 1 fully saturated rings. The van der Waals surface area contributed by atoms with Gasteiger partial charge in [0, 0.05) is 27.7 Å². The summed E-state index contributed by atoms with van der Waals surface area (Å²) in [5.74, 6) is -3.62. The summed E-state index contributed by atoms with van der Waals surface area (Å²) in [6, 6.07) is 0. The zero-order valence-electron chi connectivity index (χ0n) is 15.5. The molecule has 0 saturated carbocycles. The summed E-state index contributed by atoms with van der Waals surface area (Å²) in [7, 11) is 0. The van der Waals surface area contributed by atoms with Gasteiger partial charge in [-0.3, -0.25) is 24.0 Å². The fraction of sp³-hybridized carbons (Fsp3) is 0.688. The molecule has 1 aliphatic heterocycles. The molecule has 0 aliphatic carbocycles. The summed E-state index contributed by atoms with van der Waals surface area (Å²) >= 11 is 0. The van der Waals surface area contributed by atoms with Crippen LogP contribution in [0.3, 0.4) is 0 Å². The molecule has 0 unspecified atom stereocenters. The van der Waals surface area contributed by atoms with Gasteiger partial charge in [0.2, 0.25) is 5.91 Å². The van der Waals surface area contributed by atoms with E-state index in [1.807, 2.05) is 0 Å². The van der Waals surface area contributed by atoms with Gasteiger partial charge < -0.3 is 29.4 Å². The van der Waals surface area contributed by atoms with E-state index in [4.69, 9.17) is 29.4 Å². The van der Waals surface area contributed by atoms with Crippen LogP contribution in [0.15, 0.2) is 0 Å². The van der Waals surface area contributed by atoms with E-state index >= 15 is 0 Å². The van der Waals surface area contributed by atoms with Crippen LogP contribution in [0.4, 0.5) is 0 Å². The van der Waals surface area contributed by atoms with Crippen molar-refractivity contribution in [3.63, 3.8) is 0 Å². The minimum absolute atomic E-state index is 0.354. The Labute approximate surface area is 155 Å². The van der Waals surface area contributed by atoms with Crippen molar-refractivity contribution in [1.82, 2.24) is 0 Å². The van der Waals surface area contributed by atoms with Crippen LogP contribution in [0.2, 0.25) is 0 Å². The minimum Gasteiger partial charge on any atom is -0.463 e. The van der Waals surface area contributed by atoms with Crippen molar-refractivity contribution in [2.45, 2.75) is 64.6 Å². The van der Waals surface area contributed by atoms with Gasteiger partial charge in [-0.05, 0) is 0 Å². The van der Waals surface area contributed by atoms with Gasteiger partial charge in [0.15, 0.2) is 18.3 Å². The maximum atomic E-state index is 11.6. The lowest BCUT2D eigenvalue weighted by Gasteiger charge is -2.44.